The zero-order chi connectivity index (χ0) is 18.2. The van der Waals surface area contributed by atoms with Gasteiger partial charge in [0, 0.05) is 12.0 Å². The highest BCUT2D eigenvalue weighted by molar-refractivity contribution is 7.12. The highest BCUT2D eigenvalue weighted by Gasteiger charge is 2.41. The molecule has 5 rings (SSSR count). The van der Waals surface area contributed by atoms with Gasteiger partial charge in [0.2, 0.25) is 6.23 Å². The molecule has 0 bridgehead atoms. The fourth-order valence-corrected chi connectivity index (χ4v) is 4.52. The van der Waals surface area contributed by atoms with Crippen molar-refractivity contribution in [2.75, 3.05) is 6.61 Å². The van der Waals surface area contributed by atoms with Gasteiger partial charge in [-0.1, -0.05) is 36.4 Å². The van der Waals surface area contributed by atoms with Gasteiger partial charge in [-0.05, 0) is 36.6 Å². The van der Waals surface area contributed by atoms with Gasteiger partial charge in [-0.2, -0.15) is 5.10 Å². The van der Waals surface area contributed by atoms with Crippen LogP contribution in [0.3, 0.4) is 0 Å². The van der Waals surface area contributed by atoms with Gasteiger partial charge in [0.25, 0.3) is 0 Å². The average Bonchev–Trinajstić information content (AvgIpc) is 3.38. The maximum atomic E-state index is 6.43. The highest BCUT2D eigenvalue weighted by Crippen LogP contribution is 2.48. The van der Waals surface area contributed by atoms with E-state index < -0.39 is 0 Å². The summed E-state index contributed by atoms with van der Waals surface area (Å²) < 4.78 is 12.3. The number of fused-ring (bicyclic) bond motifs is 3. The van der Waals surface area contributed by atoms with E-state index in [1.165, 1.54) is 10.4 Å². The maximum Gasteiger partial charge on any atom is 0.217 e. The lowest BCUT2D eigenvalue weighted by Crippen LogP contribution is -2.34. The third-order valence-electron chi connectivity index (χ3n) is 4.99. The molecule has 0 saturated carbocycles. The summed E-state index contributed by atoms with van der Waals surface area (Å²) in [6.45, 7) is 2.62. The van der Waals surface area contributed by atoms with Crippen molar-refractivity contribution in [1.29, 1.82) is 0 Å². The first-order chi connectivity index (χ1) is 13.3. The highest BCUT2D eigenvalue weighted by atomic mass is 32.1. The van der Waals surface area contributed by atoms with Crippen LogP contribution in [0.2, 0.25) is 0 Å². The third-order valence-corrected chi connectivity index (χ3v) is 5.91. The van der Waals surface area contributed by atoms with E-state index >= 15 is 0 Å². The van der Waals surface area contributed by atoms with Crippen molar-refractivity contribution >= 4 is 17.0 Å². The topological polar surface area (TPSA) is 34.1 Å². The summed E-state index contributed by atoms with van der Waals surface area (Å²) in [6, 6.07) is 20.8. The lowest BCUT2D eigenvalue weighted by atomic mass is 9.97. The lowest BCUT2D eigenvalue weighted by molar-refractivity contribution is -0.0205. The monoisotopic (exact) mass is 376 g/mol. The Bertz CT molecular complexity index is 983. The standard InChI is InChI=1S/C22H20N2O2S/c1-2-25-19-10-5-4-9-16(19)22-24-18(15-8-3-6-11-20(15)26-22)14-17(23-24)21-12-7-13-27-21/h3-13,18,22H,2,14H2,1H3/t18-,22-/m0/s1. The number of hydrogen-bond acceptors (Lipinski definition) is 5. The van der Waals surface area contributed by atoms with Crippen molar-refractivity contribution in [3.8, 4) is 11.5 Å². The fourth-order valence-electron chi connectivity index (χ4n) is 3.80. The molecule has 2 aliphatic rings. The number of para-hydroxylation sites is 2. The molecule has 136 valence electrons. The number of ether oxygens (including phenoxy) is 2. The van der Waals surface area contributed by atoms with Gasteiger partial charge in [-0.3, -0.25) is 0 Å². The van der Waals surface area contributed by atoms with Crippen LogP contribution in [-0.2, 0) is 0 Å². The number of thiophene rings is 1. The zero-order valence-electron chi connectivity index (χ0n) is 15.0. The van der Waals surface area contributed by atoms with E-state index in [1.807, 2.05) is 37.3 Å². The van der Waals surface area contributed by atoms with E-state index in [1.54, 1.807) is 11.3 Å². The molecule has 3 aromatic rings. The normalized spacial score (nSPS) is 20.5. The summed E-state index contributed by atoms with van der Waals surface area (Å²) in [5.41, 5.74) is 3.32. The number of nitrogens with zero attached hydrogens (tertiary/aromatic N) is 2. The number of hydrazone groups is 1. The van der Waals surface area contributed by atoms with Crippen LogP contribution in [0.25, 0.3) is 0 Å². The summed E-state index contributed by atoms with van der Waals surface area (Å²) >= 11 is 1.73. The molecule has 0 fully saturated rings. The van der Waals surface area contributed by atoms with Gasteiger partial charge >= 0.3 is 0 Å². The molecule has 0 amide bonds. The molecule has 0 N–H and O–H groups in total. The first-order valence-corrected chi connectivity index (χ1v) is 10.1. The molecule has 0 spiro atoms. The Labute approximate surface area is 162 Å². The Morgan fingerprint density at radius 2 is 1.89 bits per heavy atom. The molecule has 0 saturated heterocycles. The second-order valence-electron chi connectivity index (χ2n) is 6.60. The summed E-state index contributed by atoms with van der Waals surface area (Å²) in [6.07, 6.45) is 0.582. The van der Waals surface area contributed by atoms with Crippen LogP contribution in [-0.4, -0.2) is 17.3 Å². The second kappa shape index (κ2) is 6.74. The number of benzene rings is 2. The van der Waals surface area contributed by atoms with Crippen LogP contribution in [0.4, 0.5) is 0 Å². The summed E-state index contributed by atoms with van der Waals surface area (Å²) in [5, 5.41) is 9.20. The van der Waals surface area contributed by atoms with Crippen LogP contribution in [0, 0.1) is 0 Å². The molecule has 2 aliphatic heterocycles. The molecular formula is C22H20N2O2S. The average molecular weight is 376 g/mol. The molecule has 0 radical (unpaired) electrons. The third kappa shape index (κ3) is 2.79. The van der Waals surface area contributed by atoms with Gasteiger partial charge in [0.1, 0.15) is 11.5 Å². The molecule has 3 heterocycles. The van der Waals surface area contributed by atoms with Crippen molar-refractivity contribution in [2.45, 2.75) is 25.6 Å². The van der Waals surface area contributed by atoms with Crippen molar-refractivity contribution in [3.05, 3.63) is 82.0 Å². The van der Waals surface area contributed by atoms with E-state index in [0.717, 1.165) is 29.2 Å². The fraction of sp³-hybridized carbons (Fsp3) is 0.227. The number of rotatable bonds is 4. The predicted molar refractivity (Wildman–Crippen MR) is 107 cm³/mol. The molecule has 0 unspecified atom stereocenters. The van der Waals surface area contributed by atoms with Gasteiger partial charge in [-0.15, -0.1) is 11.3 Å². The predicted octanol–water partition coefficient (Wildman–Crippen LogP) is 5.39. The quantitative estimate of drug-likeness (QED) is 0.612. The Morgan fingerprint density at radius 3 is 2.70 bits per heavy atom. The molecule has 4 nitrogen and oxygen atoms in total. The second-order valence-corrected chi connectivity index (χ2v) is 7.55. The van der Waals surface area contributed by atoms with Gasteiger partial charge in [0.15, 0.2) is 0 Å². The van der Waals surface area contributed by atoms with E-state index in [0.29, 0.717) is 6.61 Å². The SMILES string of the molecule is CCOc1ccccc1[C@@H]1Oc2ccccc2[C@@H]2CC(c3cccs3)=NN21. The van der Waals surface area contributed by atoms with Crippen LogP contribution in [0.5, 0.6) is 11.5 Å². The minimum absolute atomic E-state index is 0.173. The molecule has 2 aromatic carbocycles. The Kier molecular flexibility index (Phi) is 4.09. The minimum atomic E-state index is -0.301. The minimum Gasteiger partial charge on any atom is -0.493 e. The van der Waals surface area contributed by atoms with Crippen molar-refractivity contribution in [2.24, 2.45) is 5.10 Å². The smallest absolute Gasteiger partial charge is 0.217 e. The molecule has 2 atom stereocenters. The van der Waals surface area contributed by atoms with Crippen molar-refractivity contribution in [3.63, 3.8) is 0 Å². The molecule has 5 heteroatoms. The molecule has 27 heavy (non-hydrogen) atoms. The van der Waals surface area contributed by atoms with Crippen LogP contribution < -0.4 is 9.47 Å². The van der Waals surface area contributed by atoms with E-state index in [-0.39, 0.29) is 12.3 Å². The van der Waals surface area contributed by atoms with Gasteiger partial charge in [-0.25, -0.2) is 5.01 Å². The Hall–Kier alpha value is -2.79. The van der Waals surface area contributed by atoms with Crippen LogP contribution in [0.1, 0.15) is 41.6 Å². The van der Waals surface area contributed by atoms with Crippen LogP contribution >= 0.6 is 11.3 Å². The van der Waals surface area contributed by atoms with E-state index in [2.05, 4.69) is 40.7 Å². The summed E-state index contributed by atoms with van der Waals surface area (Å²) in [7, 11) is 0. The van der Waals surface area contributed by atoms with Crippen molar-refractivity contribution < 1.29 is 9.47 Å². The van der Waals surface area contributed by atoms with Gasteiger partial charge < -0.3 is 9.47 Å². The Balaban J connectivity index is 1.61. The molecular weight excluding hydrogens is 356 g/mol. The lowest BCUT2D eigenvalue weighted by Gasteiger charge is -2.38. The van der Waals surface area contributed by atoms with Crippen molar-refractivity contribution in [1.82, 2.24) is 5.01 Å². The van der Waals surface area contributed by atoms with E-state index in [9.17, 15) is 0 Å². The molecule has 0 aliphatic carbocycles. The summed E-state index contributed by atoms with van der Waals surface area (Å²) in [4.78, 5) is 1.22. The number of hydrogen-bond donors (Lipinski definition) is 0. The Morgan fingerprint density at radius 1 is 1.07 bits per heavy atom. The zero-order valence-corrected chi connectivity index (χ0v) is 15.9. The summed E-state index contributed by atoms with van der Waals surface area (Å²) in [5.74, 6) is 1.78. The maximum absolute atomic E-state index is 6.43. The largest absolute Gasteiger partial charge is 0.493 e. The first-order valence-electron chi connectivity index (χ1n) is 9.22. The van der Waals surface area contributed by atoms with Gasteiger partial charge in [0.05, 0.1) is 28.8 Å². The van der Waals surface area contributed by atoms with E-state index in [4.69, 9.17) is 14.6 Å². The first kappa shape index (κ1) is 16.4. The van der Waals surface area contributed by atoms with Crippen LogP contribution in [0.15, 0.2) is 71.1 Å². The molecule has 1 aromatic heterocycles.